The normalized spacial score (nSPS) is 13.3. The summed E-state index contributed by atoms with van der Waals surface area (Å²) in [6.45, 7) is 4.56. The number of aliphatic hydroxyl groups excluding tert-OH is 1. The Morgan fingerprint density at radius 1 is 0.957 bits per heavy atom. The molecular formula is C20H27NO2. The molecule has 1 atom stereocenters. The van der Waals surface area contributed by atoms with Gasteiger partial charge < -0.3 is 15.6 Å². The van der Waals surface area contributed by atoms with E-state index in [1.54, 1.807) is 0 Å². The molecule has 2 aromatic rings. The molecular weight excluding hydrogens is 286 g/mol. The van der Waals surface area contributed by atoms with E-state index in [1.807, 2.05) is 50.2 Å². The van der Waals surface area contributed by atoms with E-state index >= 15 is 0 Å². The smallest absolute Gasteiger partial charge is 0.0782 e. The van der Waals surface area contributed by atoms with Gasteiger partial charge in [0.1, 0.15) is 0 Å². The molecule has 1 unspecified atom stereocenters. The van der Waals surface area contributed by atoms with E-state index in [9.17, 15) is 5.11 Å². The summed E-state index contributed by atoms with van der Waals surface area (Å²) >= 11 is 0. The molecule has 0 heterocycles. The van der Waals surface area contributed by atoms with Gasteiger partial charge in [0.25, 0.3) is 0 Å². The Kier molecular flexibility index (Phi) is 6.34. The largest absolute Gasteiger partial charge is 0.391 e. The lowest BCUT2D eigenvalue weighted by atomic mass is 9.87. The maximum absolute atomic E-state index is 10.4. The number of nitrogens with two attached hydrogens (primary N) is 1. The van der Waals surface area contributed by atoms with Gasteiger partial charge in [0.15, 0.2) is 0 Å². The summed E-state index contributed by atoms with van der Waals surface area (Å²) in [5, 5.41) is 10.4. The monoisotopic (exact) mass is 313 g/mol. The summed E-state index contributed by atoms with van der Waals surface area (Å²) in [5.74, 6) is 0.155. The van der Waals surface area contributed by atoms with Crippen molar-refractivity contribution in [1.82, 2.24) is 0 Å². The molecule has 0 saturated heterocycles. The third-order valence-electron chi connectivity index (χ3n) is 3.70. The number of aliphatic hydroxyl groups is 1. The molecule has 0 saturated carbocycles. The van der Waals surface area contributed by atoms with E-state index in [4.69, 9.17) is 10.5 Å². The van der Waals surface area contributed by atoms with E-state index in [0.29, 0.717) is 19.6 Å². The number of rotatable bonds is 8. The topological polar surface area (TPSA) is 55.5 Å². The van der Waals surface area contributed by atoms with Crippen molar-refractivity contribution in [1.29, 1.82) is 0 Å². The van der Waals surface area contributed by atoms with Crippen molar-refractivity contribution in [3.8, 4) is 0 Å². The lowest BCUT2D eigenvalue weighted by Gasteiger charge is -2.23. The molecule has 2 aromatic carbocycles. The van der Waals surface area contributed by atoms with Crippen LogP contribution in [0.2, 0.25) is 0 Å². The second kappa shape index (κ2) is 8.25. The summed E-state index contributed by atoms with van der Waals surface area (Å²) in [7, 11) is 0. The van der Waals surface area contributed by atoms with Crippen molar-refractivity contribution < 1.29 is 9.84 Å². The van der Waals surface area contributed by atoms with Gasteiger partial charge >= 0.3 is 0 Å². The van der Waals surface area contributed by atoms with Crippen LogP contribution in [0.15, 0.2) is 60.7 Å². The van der Waals surface area contributed by atoms with Gasteiger partial charge in [-0.05, 0) is 31.4 Å². The van der Waals surface area contributed by atoms with Crippen molar-refractivity contribution in [2.24, 2.45) is 5.73 Å². The van der Waals surface area contributed by atoms with Gasteiger partial charge in [-0.25, -0.2) is 0 Å². The highest BCUT2D eigenvalue weighted by atomic mass is 16.5. The molecule has 0 fully saturated rings. The van der Waals surface area contributed by atoms with Gasteiger partial charge in [-0.15, -0.1) is 0 Å². The van der Waals surface area contributed by atoms with E-state index in [-0.39, 0.29) is 11.5 Å². The summed E-state index contributed by atoms with van der Waals surface area (Å²) in [6.07, 6.45) is 0.0988. The first-order valence-corrected chi connectivity index (χ1v) is 8.10. The van der Waals surface area contributed by atoms with Crippen molar-refractivity contribution in [3.63, 3.8) is 0 Å². The van der Waals surface area contributed by atoms with Crippen LogP contribution >= 0.6 is 0 Å². The van der Waals surface area contributed by atoms with Crippen LogP contribution < -0.4 is 5.73 Å². The van der Waals surface area contributed by atoms with Crippen molar-refractivity contribution in [3.05, 3.63) is 71.8 Å². The Bertz CT molecular complexity index is 524. The van der Waals surface area contributed by atoms with Gasteiger partial charge in [-0.1, -0.05) is 60.7 Å². The fraction of sp³-hybridized carbons (Fsp3) is 0.400. The SMILES string of the molecule is CC(C)(N)COCC(O)CC(c1ccccc1)c1ccccc1. The Morgan fingerprint density at radius 3 is 1.87 bits per heavy atom. The first-order valence-electron chi connectivity index (χ1n) is 8.10. The minimum atomic E-state index is -0.525. The van der Waals surface area contributed by atoms with Crippen LogP contribution in [-0.2, 0) is 4.74 Å². The molecule has 3 nitrogen and oxygen atoms in total. The van der Waals surface area contributed by atoms with Crippen molar-refractivity contribution in [2.45, 2.75) is 37.8 Å². The average molecular weight is 313 g/mol. The number of benzene rings is 2. The fourth-order valence-corrected chi connectivity index (χ4v) is 2.63. The lowest BCUT2D eigenvalue weighted by Crippen LogP contribution is -2.38. The first kappa shape index (κ1) is 17.7. The third-order valence-corrected chi connectivity index (χ3v) is 3.70. The van der Waals surface area contributed by atoms with Gasteiger partial charge in [0, 0.05) is 11.5 Å². The van der Waals surface area contributed by atoms with Crippen molar-refractivity contribution in [2.75, 3.05) is 13.2 Å². The second-order valence-electron chi connectivity index (χ2n) is 6.77. The van der Waals surface area contributed by atoms with Crippen molar-refractivity contribution >= 4 is 0 Å². The Hall–Kier alpha value is -1.68. The van der Waals surface area contributed by atoms with Crippen LogP contribution in [0.3, 0.4) is 0 Å². The number of hydrogen-bond donors (Lipinski definition) is 2. The molecule has 0 aliphatic carbocycles. The molecule has 0 aliphatic heterocycles. The lowest BCUT2D eigenvalue weighted by molar-refractivity contribution is 0.0152. The molecule has 0 aliphatic rings. The number of hydrogen-bond acceptors (Lipinski definition) is 3. The zero-order chi connectivity index (χ0) is 16.7. The van der Waals surface area contributed by atoms with E-state index in [2.05, 4.69) is 24.3 Å². The molecule has 3 heteroatoms. The molecule has 124 valence electrons. The second-order valence-corrected chi connectivity index (χ2v) is 6.77. The first-order chi connectivity index (χ1) is 11.0. The maximum atomic E-state index is 10.4. The number of ether oxygens (including phenoxy) is 1. The summed E-state index contributed by atoms with van der Waals surface area (Å²) in [4.78, 5) is 0. The minimum absolute atomic E-state index is 0.155. The van der Waals surface area contributed by atoms with Crippen LogP contribution in [0.25, 0.3) is 0 Å². The Balaban J connectivity index is 2.04. The predicted octanol–water partition coefficient (Wildman–Crippen LogP) is 3.32. The Labute approximate surface area is 139 Å². The molecule has 3 N–H and O–H groups in total. The highest BCUT2D eigenvalue weighted by Gasteiger charge is 2.19. The zero-order valence-electron chi connectivity index (χ0n) is 14.0. The molecule has 0 spiro atoms. The molecule has 2 rings (SSSR count). The van der Waals surface area contributed by atoms with E-state index in [0.717, 1.165) is 0 Å². The predicted molar refractivity (Wildman–Crippen MR) is 94.4 cm³/mol. The quantitative estimate of drug-likeness (QED) is 0.786. The summed E-state index contributed by atoms with van der Waals surface area (Å²) < 4.78 is 5.56. The highest BCUT2D eigenvalue weighted by Crippen LogP contribution is 2.29. The fourth-order valence-electron chi connectivity index (χ4n) is 2.63. The van der Waals surface area contributed by atoms with Gasteiger partial charge in [0.05, 0.1) is 19.3 Å². The molecule has 0 aromatic heterocycles. The van der Waals surface area contributed by atoms with Gasteiger partial charge in [-0.2, -0.15) is 0 Å². The third kappa shape index (κ3) is 6.14. The summed E-state index contributed by atoms with van der Waals surface area (Å²) in [6, 6.07) is 20.6. The maximum Gasteiger partial charge on any atom is 0.0782 e. The summed E-state index contributed by atoms with van der Waals surface area (Å²) in [5.41, 5.74) is 7.93. The standard InChI is InChI=1S/C20H27NO2/c1-20(2,21)15-23-14-18(22)13-19(16-9-5-3-6-10-16)17-11-7-4-8-12-17/h3-12,18-19,22H,13-15,21H2,1-2H3. The molecule has 0 amide bonds. The van der Waals surface area contributed by atoms with Gasteiger partial charge in [0.2, 0.25) is 0 Å². The van der Waals surface area contributed by atoms with Crippen LogP contribution in [0.5, 0.6) is 0 Å². The van der Waals surface area contributed by atoms with Gasteiger partial charge in [-0.3, -0.25) is 0 Å². The van der Waals surface area contributed by atoms with Crippen LogP contribution in [-0.4, -0.2) is 30.0 Å². The zero-order valence-corrected chi connectivity index (χ0v) is 14.0. The minimum Gasteiger partial charge on any atom is -0.391 e. The Morgan fingerprint density at radius 2 is 1.43 bits per heavy atom. The molecule has 0 radical (unpaired) electrons. The molecule has 0 bridgehead atoms. The average Bonchev–Trinajstić information content (AvgIpc) is 2.53. The molecule has 23 heavy (non-hydrogen) atoms. The highest BCUT2D eigenvalue weighted by molar-refractivity contribution is 5.32. The van der Waals surface area contributed by atoms with Crippen LogP contribution in [0.4, 0.5) is 0 Å². The van der Waals surface area contributed by atoms with Crippen LogP contribution in [0.1, 0.15) is 37.3 Å². The van der Waals surface area contributed by atoms with E-state index in [1.165, 1.54) is 11.1 Å². The van der Waals surface area contributed by atoms with Crippen LogP contribution in [0, 0.1) is 0 Å². The van der Waals surface area contributed by atoms with E-state index < -0.39 is 6.10 Å².